The average molecular weight is 343 g/mol. The monoisotopic (exact) mass is 342 g/mol. The zero-order valence-corrected chi connectivity index (χ0v) is 16.4. The lowest BCUT2D eigenvalue weighted by Crippen LogP contribution is -2.15. The Kier molecular flexibility index (Phi) is 4.85. The van der Waals surface area contributed by atoms with Crippen LogP contribution in [0.3, 0.4) is 0 Å². The Morgan fingerprint density at radius 3 is 2.39 bits per heavy atom. The first kappa shape index (κ1) is 17.0. The third kappa shape index (κ3) is 3.97. The van der Waals surface area contributed by atoms with Crippen LogP contribution in [0.2, 0.25) is 0 Å². The smallest absolute Gasteiger partial charge is 0.0366 e. The van der Waals surface area contributed by atoms with E-state index in [0.29, 0.717) is 10.5 Å². The lowest BCUT2D eigenvalue weighted by Gasteiger charge is -2.31. The summed E-state index contributed by atoms with van der Waals surface area (Å²) in [7, 11) is 0. The van der Waals surface area contributed by atoms with Crippen molar-refractivity contribution in [3.05, 3.63) is 59.2 Å². The van der Waals surface area contributed by atoms with Gasteiger partial charge in [-0.2, -0.15) is 0 Å². The van der Waals surface area contributed by atoms with Crippen molar-refractivity contribution in [2.75, 3.05) is 0 Å². The molecule has 0 aromatic heterocycles. The molecule has 2 aromatic carbocycles. The molecular formula is C21H26S2. The molecule has 2 aromatic rings. The molecule has 1 aliphatic heterocycles. The molecule has 3 rings (SSSR count). The van der Waals surface area contributed by atoms with Gasteiger partial charge in [0.05, 0.1) is 0 Å². The van der Waals surface area contributed by atoms with Crippen LogP contribution >= 0.6 is 23.5 Å². The van der Waals surface area contributed by atoms with E-state index in [0.717, 1.165) is 0 Å². The van der Waals surface area contributed by atoms with Crippen LogP contribution in [0.5, 0.6) is 0 Å². The first-order valence-electron chi connectivity index (χ1n) is 8.37. The van der Waals surface area contributed by atoms with E-state index in [-0.39, 0.29) is 5.41 Å². The highest BCUT2D eigenvalue weighted by molar-refractivity contribution is 8.01. The Balaban J connectivity index is 1.94. The highest BCUT2D eigenvalue weighted by Gasteiger charge is 2.27. The van der Waals surface area contributed by atoms with Gasteiger partial charge in [0.25, 0.3) is 0 Å². The summed E-state index contributed by atoms with van der Waals surface area (Å²) in [4.78, 5) is 2.85. The number of hydrogen-bond acceptors (Lipinski definition) is 2. The lowest BCUT2D eigenvalue weighted by molar-refractivity contribution is 0.587. The topological polar surface area (TPSA) is 0 Å². The van der Waals surface area contributed by atoms with Gasteiger partial charge in [-0.1, -0.05) is 57.5 Å². The predicted octanol–water partition coefficient (Wildman–Crippen LogP) is 7.01. The SMILES string of the molecule is Cc1ccc(S[C@@H]2C[C@@H](C)Sc3ccc(C(C)(C)C)cc32)cc1. The zero-order valence-electron chi connectivity index (χ0n) is 14.7. The van der Waals surface area contributed by atoms with Crippen LogP contribution in [0, 0.1) is 6.92 Å². The summed E-state index contributed by atoms with van der Waals surface area (Å²) in [6, 6.07) is 16.1. The van der Waals surface area contributed by atoms with Gasteiger partial charge in [0.1, 0.15) is 0 Å². The van der Waals surface area contributed by atoms with Gasteiger partial charge in [-0.15, -0.1) is 23.5 Å². The summed E-state index contributed by atoms with van der Waals surface area (Å²) in [5.74, 6) is 0. The summed E-state index contributed by atoms with van der Waals surface area (Å²) in [5.41, 5.74) is 4.52. The summed E-state index contributed by atoms with van der Waals surface area (Å²) in [5, 5.41) is 1.25. The normalized spacial score (nSPS) is 21.1. The molecule has 23 heavy (non-hydrogen) atoms. The minimum absolute atomic E-state index is 0.210. The van der Waals surface area contributed by atoms with Crippen LogP contribution in [0.25, 0.3) is 0 Å². The summed E-state index contributed by atoms with van der Waals surface area (Å²) < 4.78 is 0. The van der Waals surface area contributed by atoms with Crippen molar-refractivity contribution in [2.45, 2.75) is 66.7 Å². The van der Waals surface area contributed by atoms with Crippen molar-refractivity contribution >= 4 is 23.5 Å². The van der Waals surface area contributed by atoms with Crippen LogP contribution < -0.4 is 0 Å². The largest absolute Gasteiger partial charge is 0.123 e. The lowest BCUT2D eigenvalue weighted by atomic mass is 9.85. The zero-order chi connectivity index (χ0) is 16.6. The van der Waals surface area contributed by atoms with Crippen LogP contribution in [0.4, 0.5) is 0 Å². The van der Waals surface area contributed by atoms with Crippen molar-refractivity contribution in [1.82, 2.24) is 0 Å². The maximum absolute atomic E-state index is 2.46. The maximum atomic E-state index is 2.46. The Bertz CT molecular complexity index is 680. The van der Waals surface area contributed by atoms with E-state index in [1.807, 2.05) is 23.5 Å². The summed E-state index contributed by atoms with van der Waals surface area (Å²) >= 11 is 4.06. The molecule has 2 heteroatoms. The third-order valence-electron chi connectivity index (χ3n) is 4.40. The molecule has 0 saturated carbocycles. The van der Waals surface area contributed by atoms with E-state index in [1.54, 1.807) is 0 Å². The van der Waals surface area contributed by atoms with Crippen LogP contribution in [0.15, 0.2) is 52.3 Å². The Morgan fingerprint density at radius 1 is 1.04 bits per heavy atom. The number of thioether (sulfide) groups is 2. The number of benzene rings is 2. The van der Waals surface area contributed by atoms with Crippen molar-refractivity contribution in [3.8, 4) is 0 Å². The maximum Gasteiger partial charge on any atom is 0.0366 e. The highest BCUT2D eigenvalue weighted by Crippen LogP contribution is 2.49. The van der Waals surface area contributed by atoms with E-state index in [4.69, 9.17) is 0 Å². The molecule has 0 aliphatic carbocycles. The summed E-state index contributed by atoms with van der Waals surface area (Å²) in [6.07, 6.45) is 1.24. The molecule has 0 nitrogen and oxygen atoms in total. The average Bonchev–Trinajstić information content (AvgIpc) is 2.48. The third-order valence-corrected chi connectivity index (χ3v) is 6.89. The fourth-order valence-corrected chi connectivity index (χ4v) is 5.69. The number of hydrogen-bond donors (Lipinski definition) is 0. The van der Waals surface area contributed by atoms with E-state index in [9.17, 15) is 0 Å². The second-order valence-corrected chi connectivity index (χ2v) is 10.3. The predicted molar refractivity (Wildman–Crippen MR) is 105 cm³/mol. The molecule has 0 spiro atoms. The van der Waals surface area contributed by atoms with Gasteiger partial charge in [-0.25, -0.2) is 0 Å². The molecular weight excluding hydrogens is 316 g/mol. The van der Waals surface area contributed by atoms with Gasteiger partial charge in [0.15, 0.2) is 0 Å². The standard InChI is InChI=1S/C21H26S2/c1-14-6-9-17(10-7-14)23-20-12-15(2)22-19-11-8-16(13-18(19)20)21(3,4)5/h6-11,13,15,20H,12H2,1-5H3/t15-,20-/m1/s1. The van der Waals surface area contributed by atoms with Gasteiger partial charge in [-0.3, -0.25) is 0 Å². The van der Waals surface area contributed by atoms with E-state index in [2.05, 4.69) is 77.1 Å². The molecule has 2 atom stereocenters. The minimum Gasteiger partial charge on any atom is -0.123 e. The Hall–Kier alpha value is -0.860. The van der Waals surface area contributed by atoms with Gasteiger partial charge in [0.2, 0.25) is 0 Å². The molecule has 0 amide bonds. The molecule has 0 bridgehead atoms. The van der Waals surface area contributed by atoms with Gasteiger partial charge in [0, 0.05) is 20.3 Å². The van der Waals surface area contributed by atoms with E-state index >= 15 is 0 Å². The molecule has 122 valence electrons. The first-order chi connectivity index (χ1) is 10.8. The molecule has 0 N–H and O–H groups in total. The molecule has 0 fully saturated rings. The first-order valence-corrected chi connectivity index (χ1v) is 10.1. The second kappa shape index (κ2) is 6.57. The van der Waals surface area contributed by atoms with Crippen molar-refractivity contribution in [2.24, 2.45) is 0 Å². The van der Waals surface area contributed by atoms with E-state index < -0.39 is 0 Å². The quantitative estimate of drug-likeness (QED) is 0.575. The molecule has 1 heterocycles. The van der Waals surface area contributed by atoms with Crippen LogP contribution in [0.1, 0.15) is 56.1 Å². The molecule has 0 radical (unpaired) electrons. The highest BCUT2D eigenvalue weighted by atomic mass is 32.2. The van der Waals surface area contributed by atoms with Crippen molar-refractivity contribution in [1.29, 1.82) is 0 Å². The van der Waals surface area contributed by atoms with Crippen LogP contribution in [-0.2, 0) is 5.41 Å². The number of rotatable bonds is 2. The van der Waals surface area contributed by atoms with Crippen molar-refractivity contribution in [3.63, 3.8) is 0 Å². The van der Waals surface area contributed by atoms with Gasteiger partial charge in [-0.05, 0) is 48.1 Å². The molecule has 0 saturated heterocycles. The molecule has 1 aliphatic rings. The molecule has 0 unspecified atom stereocenters. The fraction of sp³-hybridized carbons (Fsp3) is 0.429. The Morgan fingerprint density at radius 2 is 1.74 bits per heavy atom. The van der Waals surface area contributed by atoms with Gasteiger partial charge < -0.3 is 0 Å². The number of fused-ring (bicyclic) bond motifs is 1. The van der Waals surface area contributed by atoms with Crippen molar-refractivity contribution < 1.29 is 0 Å². The van der Waals surface area contributed by atoms with Gasteiger partial charge >= 0.3 is 0 Å². The fourth-order valence-electron chi connectivity index (χ4n) is 2.96. The summed E-state index contributed by atoms with van der Waals surface area (Å²) in [6.45, 7) is 11.4. The Labute approximate surface area is 149 Å². The second-order valence-electron chi connectivity index (χ2n) is 7.59. The number of aryl methyl sites for hydroxylation is 1. The van der Waals surface area contributed by atoms with Crippen LogP contribution in [-0.4, -0.2) is 5.25 Å². The minimum atomic E-state index is 0.210. The van der Waals surface area contributed by atoms with E-state index in [1.165, 1.54) is 32.9 Å².